The zero-order chi connectivity index (χ0) is 25.8. The van der Waals surface area contributed by atoms with Gasteiger partial charge in [-0.15, -0.1) is 6.58 Å². The van der Waals surface area contributed by atoms with Crippen molar-refractivity contribution in [3.63, 3.8) is 0 Å². The van der Waals surface area contributed by atoms with E-state index in [4.69, 9.17) is 9.47 Å². The Balaban J connectivity index is 1.02. The van der Waals surface area contributed by atoms with Gasteiger partial charge in [0.1, 0.15) is 0 Å². The molecule has 4 atom stereocenters. The Hall–Kier alpha value is -1.58. The molecule has 2 nitrogen and oxygen atoms in total. The van der Waals surface area contributed by atoms with Crippen molar-refractivity contribution in [1.82, 2.24) is 0 Å². The quantitative estimate of drug-likeness (QED) is 0.322. The van der Waals surface area contributed by atoms with Gasteiger partial charge in [-0.25, -0.2) is 0 Å². The SMILES string of the molecule is C=CC1CCC2CC(C3CCC(C4CCC(COc5ccc(OCC)c(F)c5F)CC4)CC3)CCC2C1. The maximum atomic E-state index is 14.3. The molecule has 0 saturated heterocycles. The topological polar surface area (TPSA) is 18.5 Å². The van der Waals surface area contributed by atoms with Crippen LogP contribution in [0.5, 0.6) is 11.5 Å². The van der Waals surface area contributed by atoms with Gasteiger partial charge in [-0.3, -0.25) is 0 Å². The lowest BCUT2D eigenvalue weighted by Gasteiger charge is -2.46. The summed E-state index contributed by atoms with van der Waals surface area (Å²) >= 11 is 0. The first-order valence-electron chi connectivity index (χ1n) is 15.4. The first-order chi connectivity index (χ1) is 18.1. The molecule has 0 spiro atoms. The summed E-state index contributed by atoms with van der Waals surface area (Å²) in [5, 5.41) is 0. The van der Waals surface area contributed by atoms with Gasteiger partial charge in [-0.1, -0.05) is 6.08 Å². The van der Waals surface area contributed by atoms with E-state index in [0.717, 1.165) is 54.3 Å². The molecule has 0 heterocycles. The van der Waals surface area contributed by atoms with Gasteiger partial charge in [0.2, 0.25) is 11.6 Å². The summed E-state index contributed by atoms with van der Waals surface area (Å²) in [4.78, 5) is 0. The van der Waals surface area contributed by atoms with Gasteiger partial charge in [0, 0.05) is 0 Å². The van der Waals surface area contributed by atoms with Gasteiger partial charge in [-0.05, 0) is 156 Å². The molecule has 1 aromatic rings. The second-order valence-corrected chi connectivity index (χ2v) is 12.8. The minimum atomic E-state index is -0.952. The van der Waals surface area contributed by atoms with E-state index in [1.54, 1.807) is 6.92 Å². The van der Waals surface area contributed by atoms with Gasteiger partial charge in [0.05, 0.1) is 13.2 Å². The summed E-state index contributed by atoms with van der Waals surface area (Å²) in [6.07, 6.45) is 21.5. The maximum Gasteiger partial charge on any atom is 0.204 e. The lowest BCUT2D eigenvalue weighted by atomic mass is 9.60. The van der Waals surface area contributed by atoms with E-state index in [-0.39, 0.29) is 11.5 Å². The molecular weight excluding hydrogens is 466 g/mol. The number of ether oxygens (including phenoxy) is 2. The fourth-order valence-corrected chi connectivity index (χ4v) is 8.62. The molecule has 0 aromatic heterocycles. The Kier molecular flexibility index (Phi) is 9.14. The first-order valence-corrected chi connectivity index (χ1v) is 15.4. The molecule has 0 aliphatic heterocycles. The molecule has 0 radical (unpaired) electrons. The standard InChI is InChI=1S/C33H48F2O2/c1-3-22-5-10-29-20-28(16-15-27(29)19-22)26-13-11-25(12-14-26)24-8-6-23(7-9-24)21-37-31-18-17-30(36-4-2)32(34)33(31)35/h3,17-18,22-29H,1,4-16,19-21H2,2H3. The fourth-order valence-electron chi connectivity index (χ4n) is 8.62. The summed E-state index contributed by atoms with van der Waals surface area (Å²) in [6, 6.07) is 2.95. The third-order valence-corrected chi connectivity index (χ3v) is 10.9. The van der Waals surface area contributed by atoms with Crippen molar-refractivity contribution in [2.24, 2.45) is 47.3 Å². The van der Waals surface area contributed by atoms with Crippen LogP contribution in [0.2, 0.25) is 0 Å². The first kappa shape index (κ1) is 27.0. The molecule has 4 aliphatic carbocycles. The van der Waals surface area contributed by atoms with Gasteiger partial charge in [0.15, 0.2) is 11.5 Å². The van der Waals surface area contributed by atoms with Crippen LogP contribution in [-0.4, -0.2) is 13.2 Å². The van der Waals surface area contributed by atoms with E-state index in [0.29, 0.717) is 19.1 Å². The molecule has 0 bridgehead atoms. The lowest BCUT2D eigenvalue weighted by molar-refractivity contribution is 0.0558. The number of halogens is 2. The normalized spacial score (nSPS) is 36.4. The van der Waals surface area contributed by atoms with E-state index in [9.17, 15) is 8.78 Å². The largest absolute Gasteiger partial charge is 0.491 e. The molecule has 4 unspecified atom stereocenters. The number of benzene rings is 1. The Morgan fingerprint density at radius 1 is 0.676 bits per heavy atom. The van der Waals surface area contributed by atoms with Crippen molar-refractivity contribution in [1.29, 1.82) is 0 Å². The second-order valence-electron chi connectivity index (χ2n) is 12.8. The van der Waals surface area contributed by atoms with Crippen LogP contribution in [0.15, 0.2) is 24.8 Å². The van der Waals surface area contributed by atoms with E-state index < -0.39 is 11.6 Å². The summed E-state index contributed by atoms with van der Waals surface area (Å²) < 4.78 is 39.3. The van der Waals surface area contributed by atoms with Crippen molar-refractivity contribution < 1.29 is 18.3 Å². The highest BCUT2D eigenvalue weighted by Crippen LogP contribution is 2.50. The van der Waals surface area contributed by atoms with Crippen LogP contribution in [0.4, 0.5) is 8.78 Å². The fraction of sp³-hybridized carbons (Fsp3) is 0.758. The van der Waals surface area contributed by atoms with E-state index in [1.807, 2.05) is 0 Å². The van der Waals surface area contributed by atoms with Gasteiger partial charge >= 0.3 is 0 Å². The number of fused-ring (bicyclic) bond motifs is 1. The number of allylic oxidation sites excluding steroid dienone is 1. The zero-order valence-corrected chi connectivity index (χ0v) is 22.9. The molecule has 5 rings (SSSR count). The number of hydrogen-bond acceptors (Lipinski definition) is 2. The molecule has 37 heavy (non-hydrogen) atoms. The van der Waals surface area contributed by atoms with Gasteiger partial charge < -0.3 is 9.47 Å². The third-order valence-electron chi connectivity index (χ3n) is 10.9. The minimum Gasteiger partial charge on any atom is -0.491 e. The van der Waals surface area contributed by atoms with Crippen LogP contribution >= 0.6 is 0 Å². The summed E-state index contributed by atoms with van der Waals surface area (Å²) in [5.41, 5.74) is 0. The van der Waals surface area contributed by atoms with Crippen molar-refractivity contribution >= 4 is 0 Å². The van der Waals surface area contributed by atoms with Crippen LogP contribution in [0.25, 0.3) is 0 Å². The molecule has 1 aromatic carbocycles. The van der Waals surface area contributed by atoms with Crippen LogP contribution < -0.4 is 9.47 Å². The van der Waals surface area contributed by atoms with Crippen LogP contribution in [-0.2, 0) is 0 Å². The average molecular weight is 515 g/mol. The molecule has 4 saturated carbocycles. The average Bonchev–Trinajstić information content (AvgIpc) is 2.95. The van der Waals surface area contributed by atoms with Crippen molar-refractivity contribution in [2.45, 2.75) is 96.8 Å². The molecule has 4 heteroatoms. The Bertz CT molecular complexity index is 885. The smallest absolute Gasteiger partial charge is 0.204 e. The highest BCUT2D eigenvalue weighted by Gasteiger charge is 2.39. The Morgan fingerprint density at radius 2 is 1.14 bits per heavy atom. The summed E-state index contributed by atoms with van der Waals surface area (Å²) in [7, 11) is 0. The number of rotatable bonds is 8. The van der Waals surface area contributed by atoms with Gasteiger partial charge in [-0.2, -0.15) is 8.78 Å². The van der Waals surface area contributed by atoms with E-state index in [1.165, 1.54) is 89.2 Å². The highest BCUT2D eigenvalue weighted by atomic mass is 19.2. The van der Waals surface area contributed by atoms with Crippen molar-refractivity contribution in [3.8, 4) is 11.5 Å². The van der Waals surface area contributed by atoms with Crippen LogP contribution in [0.1, 0.15) is 96.8 Å². The predicted octanol–water partition coefficient (Wildman–Crippen LogP) is 9.37. The molecule has 4 aliphatic rings. The third kappa shape index (κ3) is 6.36. The van der Waals surface area contributed by atoms with Gasteiger partial charge in [0.25, 0.3) is 0 Å². The van der Waals surface area contributed by atoms with E-state index in [2.05, 4.69) is 12.7 Å². The minimum absolute atomic E-state index is 0.00387. The molecule has 206 valence electrons. The maximum absolute atomic E-state index is 14.3. The second kappa shape index (κ2) is 12.5. The van der Waals surface area contributed by atoms with E-state index >= 15 is 0 Å². The van der Waals surface area contributed by atoms with Crippen LogP contribution in [0, 0.1) is 59.0 Å². The molecule has 4 fully saturated rings. The molecular formula is C33H48F2O2. The monoisotopic (exact) mass is 514 g/mol. The highest BCUT2D eigenvalue weighted by molar-refractivity contribution is 5.35. The summed E-state index contributed by atoms with van der Waals surface area (Å²) in [5.74, 6) is 4.98. The lowest BCUT2D eigenvalue weighted by Crippen LogP contribution is -2.35. The summed E-state index contributed by atoms with van der Waals surface area (Å²) in [6.45, 7) is 6.59. The Morgan fingerprint density at radius 3 is 1.73 bits per heavy atom. The number of hydrogen-bond donors (Lipinski definition) is 0. The van der Waals surface area contributed by atoms with Crippen molar-refractivity contribution in [3.05, 3.63) is 36.4 Å². The predicted molar refractivity (Wildman–Crippen MR) is 146 cm³/mol. The molecule has 0 N–H and O–H groups in total. The van der Waals surface area contributed by atoms with Crippen LogP contribution in [0.3, 0.4) is 0 Å². The van der Waals surface area contributed by atoms with Crippen molar-refractivity contribution in [2.75, 3.05) is 13.2 Å². The Labute approximate surface area is 223 Å². The zero-order valence-electron chi connectivity index (χ0n) is 22.9. The molecule has 0 amide bonds.